The zero-order chi connectivity index (χ0) is 20.1. The number of hydrogen-bond donors (Lipinski definition) is 3. The average molecular weight is 400 g/mol. The molecule has 3 aromatic rings. The Morgan fingerprint density at radius 1 is 1.11 bits per heavy atom. The van der Waals surface area contributed by atoms with Gasteiger partial charge in [-0.1, -0.05) is 29.3 Å². The zero-order valence-corrected chi connectivity index (χ0v) is 15.3. The molecule has 2 heterocycles. The topological polar surface area (TPSA) is 135 Å². The number of nitrogens with one attached hydrogen (secondary N) is 3. The third-order valence-corrected chi connectivity index (χ3v) is 3.93. The number of halogens is 1. The lowest BCUT2D eigenvalue weighted by atomic mass is 10.1. The van der Waals surface area contributed by atoms with Gasteiger partial charge in [0.2, 0.25) is 11.6 Å². The molecule has 1 aromatic carbocycles. The van der Waals surface area contributed by atoms with Crippen LogP contribution in [0.25, 0.3) is 0 Å². The number of aromatic nitrogens is 3. The molecule has 0 aliphatic heterocycles. The normalized spacial score (nSPS) is 10.2. The molecule has 0 saturated carbocycles. The van der Waals surface area contributed by atoms with E-state index in [1.54, 1.807) is 36.4 Å². The molecule has 0 spiro atoms. The van der Waals surface area contributed by atoms with Crippen LogP contribution in [0.15, 0.2) is 48.9 Å². The second-order valence-electron chi connectivity index (χ2n) is 5.59. The Morgan fingerprint density at radius 3 is 2.50 bits per heavy atom. The number of pyridine rings is 1. The predicted molar refractivity (Wildman–Crippen MR) is 103 cm³/mol. The first-order valence-corrected chi connectivity index (χ1v) is 8.33. The van der Waals surface area contributed by atoms with Gasteiger partial charge >= 0.3 is 5.69 Å². The number of carbonyl (C=O) groups is 1. The molecule has 0 aliphatic rings. The van der Waals surface area contributed by atoms with Crippen molar-refractivity contribution in [3.05, 3.63) is 75.3 Å². The van der Waals surface area contributed by atoms with Crippen LogP contribution in [0, 0.1) is 17.0 Å². The maximum Gasteiger partial charge on any atom is 0.355 e. The van der Waals surface area contributed by atoms with E-state index >= 15 is 0 Å². The first kappa shape index (κ1) is 19.0. The van der Waals surface area contributed by atoms with Gasteiger partial charge < -0.3 is 5.32 Å². The summed E-state index contributed by atoms with van der Waals surface area (Å²) in [7, 11) is 0. The van der Waals surface area contributed by atoms with Crippen LogP contribution in [0.5, 0.6) is 0 Å². The molecule has 0 bridgehead atoms. The second kappa shape index (κ2) is 8.27. The van der Waals surface area contributed by atoms with Gasteiger partial charge in [0.25, 0.3) is 5.91 Å². The van der Waals surface area contributed by atoms with Crippen LogP contribution in [0.1, 0.15) is 15.9 Å². The number of hydrogen-bond acceptors (Lipinski definition) is 8. The van der Waals surface area contributed by atoms with Gasteiger partial charge in [0.05, 0.1) is 10.6 Å². The summed E-state index contributed by atoms with van der Waals surface area (Å²) in [6.45, 7) is 1.90. The van der Waals surface area contributed by atoms with Gasteiger partial charge in [-0.3, -0.25) is 25.8 Å². The molecule has 0 saturated heterocycles. The Kier molecular flexibility index (Phi) is 5.61. The lowest BCUT2D eigenvalue weighted by Crippen LogP contribution is -2.30. The van der Waals surface area contributed by atoms with Gasteiger partial charge in [-0.05, 0) is 31.2 Å². The second-order valence-corrected chi connectivity index (χ2v) is 5.95. The zero-order valence-electron chi connectivity index (χ0n) is 14.5. The van der Waals surface area contributed by atoms with Crippen molar-refractivity contribution in [2.45, 2.75) is 6.92 Å². The third kappa shape index (κ3) is 4.30. The van der Waals surface area contributed by atoms with E-state index in [0.717, 1.165) is 11.9 Å². The van der Waals surface area contributed by atoms with Crippen LogP contribution in [0.2, 0.25) is 5.15 Å². The van der Waals surface area contributed by atoms with Gasteiger partial charge in [0.1, 0.15) is 6.33 Å². The maximum absolute atomic E-state index is 12.2. The first-order chi connectivity index (χ1) is 13.5. The molecule has 3 rings (SSSR count). The highest BCUT2D eigenvalue weighted by Gasteiger charge is 2.24. The molecule has 10 nitrogen and oxygen atoms in total. The Morgan fingerprint density at radius 2 is 1.82 bits per heavy atom. The van der Waals surface area contributed by atoms with Crippen molar-refractivity contribution < 1.29 is 9.72 Å². The van der Waals surface area contributed by atoms with E-state index in [1.807, 2.05) is 6.92 Å². The van der Waals surface area contributed by atoms with E-state index in [2.05, 4.69) is 31.1 Å². The number of benzene rings is 1. The predicted octanol–water partition coefficient (Wildman–Crippen LogP) is 3.24. The highest BCUT2D eigenvalue weighted by molar-refractivity contribution is 6.32. The Bertz CT molecular complexity index is 1030. The third-order valence-electron chi connectivity index (χ3n) is 3.63. The summed E-state index contributed by atoms with van der Waals surface area (Å²) in [5.74, 6) is -0.775. The van der Waals surface area contributed by atoms with Crippen molar-refractivity contribution in [1.82, 2.24) is 20.4 Å². The molecule has 0 atom stereocenters. The molecule has 3 N–H and O–H groups in total. The fourth-order valence-corrected chi connectivity index (χ4v) is 2.40. The van der Waals surface area contributed by atoms with Crippen molar-refractivity contribution in [3.63, 3.8) is 0 Å². The van der Waals surface area contributed by atoms with Gasteiger partial charge in [-0.2, -0.15) is 0 Å². The monoisotopic (exact) mass is 399 g/mol. The van der Waals surface area contributed by atoms with Crippen LogP contribution in [-0.2, 0) is 0 Å². The molecule has 142 valence electrons. The molecule has 0 aliphatic carbocycles. The van der Waals surface area contributed by atoms with E-state index in [9.17, 15) is 14.9 Å². The van der Waals surface area contributed by atoms with Crippen molar-refractivity contribution in [2.75, 3.05) is 10.7 Å². The smallest absolute Gasteiger partial charge is 0.332 e. The molecular weight excluding hydrogens is 386 g/mol. The van der Waals surface area contributed by atoms with Crippen LogP contribution < -0.4 is 16.2 Å². The number of hydrazine groups is 1. The fourth-order valence-electron chi connectivity index (χ4n) is 2.23. The summed E-state index contributed by atoms with van der Waals surface area (Å²) in [6, 6.07) is 10.0. The van der Waals surface area contributed by atoms with Gasteiger partial charge in [0.15, 0.2) is 5.15 Å². The number of nitro groups is 1. The van der Waals surface area contributed by atoms with E-state index in [1.165, 1.54) is 6.20 Å². The highest BCUT2D eigenvalue weighted by atomic mass is 35.5. The van der Waals surface area contributed by atoms with E-state index in [4.69, 9.17) is 11.6 Å². The summed E-state index contributed by atoms with van der Waals surface area (Å²) in [5.41, 5.74) is 6.10. The first-order valence-electron chi connectivity index (χ1n) is 7.95. The summed E-state index contributed by atoms with van der Waals surface area (Å²) >= 11 is 5.97. The number of nitrogens with zero attached hydrogens (tertiary/aromatic N) is 4. The number of amides is 1. The largest absolute Gasteiger partial charge is 0.355 e. The molecule has 28 heavy (non-hydrogen) atoms. The summed E-state index contributed by atoms with van der Waals surface area (Å²) in [5, 5.41) is 14.4. The molecule has 0 unspecified atom stereocenters. The number of anilines is 3. The molecular formula is C17H14ClN7O3. The number of rotatable bonds is 6. The fraction of sp³-hybridized carbons (Fsp3) is 0.0588. The van der Waals surface area contributed by atoms with Gasteiger partial charge in [0, 0.05) is 11.8 Å². The van der Waals surface area contributed by atoms with Gasteiger partial charge in [-0.15, -0.1) is 0 Å². The summed E-state index contributed by atoms with van der Waals surface area (Å²) < 4.78 is 0. The lowest BCUT2D eigenvalue weighted by molar-refractivity contribution is -0.383. The lowest BCUT2D eigenvalue weighted by Gasteiger charge is -2.11. The van der Waals surface area contributed by atoms with Crippen molar-refractivity contribution in [3.8, 4) is 0 Å². The molecule has 0 fully saturated rings. The minimum absolute atomic E-state index is 0.109. The standard InChI is InChI=1S/C17H14ClN7O3/c1-10-4-6-11(7-5-10)17(26)24-23-16-13(25(27)28)15(20-9-21-16)22-12-3-2-8-19-14(12)18/h2-9H,1H3,(H,24,26)(H2,20,21,22,23). The van der Waals surface area contributed by atoms with Crippen molar-refractivity contribution >= 4 is 40.5 Å². The summed E-state index contributed by atoms with van der Waals surface area (Å²) in [4.78, 5) is 34.7. The van der Waals surface area contributed by atoms with Crippen molar-refractivity contribution in [1.29, 1.82) is 0 Å². The van der Waals surface area contributed by atoms with Crippen LogP contribution >= 0.6 is 11.6 Å². The van der Waals surface area contributed by atoms with Crippen LogP contribution in [0.4, 0.5) is 23.0 Å². The number of carbonyl (C=O) groups excluding carboxylic acids is 1. The average Bonchev–Trinajstić information content (AvgIpc) is 2.68. The minimum atomic E-state index is -0.674. The van der Waals surface area contributed by atoms with Crippen molar-refractivity contribution in [2.24, 2.45) is 0 Å². The van der Waals surface area contributed by atoms with E-state index in [-0.39, 0.29) is 16.8 Å². The molecule has 1 amide bonds. The molecule has 2 aromatic heterocycles. The number of aryl methyl sites for hydroxylation is 1. The quantitative estimate of drug-likeness (QED) is 0.326. The maximum atomic E-state index is 12.2. The minimum Gasteiger partial charge on any atom is -0.332 e. The van der Waals surface area contributed by atoms with E-state index in [0.29, 0.717) is 11.3 Å². The highest BCUT2D eigenvalue weighted by Crippen LogP contribution is 2.32. The Labute approximate surface area is 164 Å². The molecule has 0 radical (unpaired) electrons. The molecule has 11 heteroatoms. The SMILES string of the molecule is Cc1ccc(C(=O)NNc2ncnc(Nc3cccnc3Cl)c2[N+](=O)[O-])cc1. The van der Waals surface area contributed by atoms with Crippen LogP contribution in [0.3, 0.4) is 0 Å². The van der Waals surface area contributed by atoms with Crippen LogP contribution in [-0.4, -0.2) is 25.8 Å². The van der Waals surface area contributed by atoms with Gasteiger partial charge in [-0.25, -0.2) is 15.0 Å². The van der Waals surface area contributed by atoms with E-state index < -0.39 is 16.5 Å². The Hall–Kier alpha value is -3.79. The Balaban J connectivity index is 1.83. The summed E-state index contributed by atoms with van der Waals surface area (Å²) in [6.07, 6.45) is 2.59.